The molecule has 2 aromatic carbocycles. The van der Waals surface area contributed by atoms with Gasteiger partial charge in [-0.2, -0.15) is 5.10 Å². The van der Waals surface area contributed by atoms with E-state index < -0.39 is 0 Å². The largest absolute Gasteiger partial charge is 0.357 e. The quantitative estimate of drug-likeness (QED) is 0.274. The molecule has 0 bridgehead atoms. The molecule has 0 aliphatic carbocycles. The Hall–Kier alpha value is -2.09. The highest BCUT2D eigenvalue weighted by Crippen LogP contribution is 2.16. The van der Waals surface area contributed by atoms with Crippen LogP contribution in [0.15, 0.2) is 47.5 Å². The van der Waals surface area contributed by atoms with Gasteiger partial charge in [-0.3, -0.25) is 9.67 Å². The summed E-state index contributed by atoms with van der Waals surface area (Å²) < 4.78 is 1.96. The van der Waals surface area contributed by atoms with Crippen molar-refractivity contribution in [2.75, 3.05) is 13.1 Å². The van der Waals surface area contributed by atoms with E-state index in [4.69, 9.17) is 4.99 Å². The van der Waals surface area contributed by atoms with E-state index >= 15 is 0 Å². The van der Waals surface area contributed by atoms with Crippen LogP contribution in [0.3, 0.4) is 0 Å². The molecule has 2 N–H and O–H groups in total. The van der Waals surface area contributed by atoms with E-state index in [0.717, 1.165) is 37.6 Å². The van der Waals surface area contributed by atoms with Crippen molar-refractivity contribution >= 4 is 40.7 Å². The molecular formula is C24H34IN5. The SMILES string of the molecule is CCNC(=NCCc1ccc2ccccc2c1)NC(C)Cc1c(C)nn(C)c1C.I. The highest BCUT2D eigenvalue weighted by molar-refractivity contribution is 14.0. The van der Waals surface area contributed by atoms with Gasteiger partial charge in [0.15, 0.2) is 5.96 Å². The number of hydrogen-bond acceptors (Lipinski definition) is 2. The molecule has 0 saturated carbocycles. The number of halogens is 1. The predicted octanol–water partition coefficient (Wildman–Crippen LogP) is 4.54. The van der Waals surface area contributed by atoms with E-state index in [2.05, 4.69) is 85.9 Å². The van der Waals surface area contributed by atoms with E-state index in [9.17, 15) is 0 Å². The van der Waals surface area contributed by atoms with Crippen LogP contribution in [0.5, 0.6) is 0 Å². The van der Waals surface area contributed by atoms with Gasteiger partial charge in [-0.1, -0.05) is 42.5 Å². The first-order valence-corrected chi connectivity index (χ1v) is 10.5. The average Bonchev–Trinajstić information content (AvgIpc) is 2.94. The fourth-order valence-electron chi connectivity index (χ4n) is 3.71. The molecule has 3 aromatic rings. The molecule has 0 amide bonds. The van der Waals surface area contributed by atoms with Gasteiger partial charge in [0.05, 0.1) is 5.69 Å². The van der Waals surface area contributed by atoms with Crippen molar-refractivity contribution in [3.63, 3.8) is 0 Å². The molecule has 1 unspecified atom stereocenters. The van der Waals surface area contributed by atoms with Gasteiger partial charge in [-0.25, -0.2) is 0 Å². The Kier molecular flexibility index (Phi) is 9.14. The van der Waals surface area contributed by atoms with Crippen molar-refractivity contribution < 1.29 is 0 Å². The second kappa shape index (κ2) is 11.3. The summed E-state index contributed by atoms with van der Waals surface area (Å²) in [5.41, 5.74) is 4.98. The number of nitrogens with zero attached hydrogens (tertiary/aromatic N) is 3. The second-order valence-corrected chi connectivity index (χ2v) is 7.71. The summed E-state index contributed by atoms with van der Waals surface area (Å²) in [5, 5.41) is 14.0. The Labute approximate surface area is 197 Å². The van der Waals surface area contributed by atoms with Gasteiger partial charge in [0, 0.05) is 31.9 Å². The van der Waals surface area contributed by atoms with Crippen LogP contribution in [0.2, 0.25) is 0 Å². The number of aromatic nitrogens is 2. The van der Waals surface area contributed by atoms with Crippen LogP contribution in [0.1, 0.15) is 36.4 Å². The molecule has 0 fully saturated rings. The Balaban J connectivity index is 0.00000320. The number of benzene rings is 2. The third-order valence-corrected chi connectivity index (χ3v) is 5.38. The summed E-state index contributed by atoms with van der Waals surface area (Å²) in [6.45, 7) is 10.1. The molecule has 0 aliphatic rings. The minimum Gasteiger partial charge on any atom is -0.357 e. The average molecular weight is 519 g/mol. The summed E-state index contributed by atoms with van der Waals surface area (Å²) in [7, 11) is 2.00. The number of aryl methyl sites for hydroxylation is 2. The maximum absolute atomic E-state index is 4.79. The molecule has 5 nitrogen and oxygen atoms in total. The molecule has 30 heavy (non-hydrogen) atoms. The van der Waals surface area contributed by atoms with Crippen molar-refractivity contribution in [2.24, 2.45) is 12.0 Å². The third-order valence-electron chi connectivity index (χ3n) is 5.38. The zero-order valence-electron chi connectivity index (χ0n) is 18.7. The molecule has 0 spiro atoms. The lowest BCUT2D eigenvalue weighted by molar-refractivity contribution is 0.636. The molecule has 1 heterocycles. The topological polar surface area (TPSA) is 54.2 Å². The third kappa shape index (κ3) is 6.20. The van der Waals surface area contributed by atoms with Crippen LogP contribution in [0, 0.1) is 13.8 Å². The Morgan fingerprint density at radius 2 is 1.87 bits per heavy atom. The summed E-state index contributed by atoms with van der Waals surface area (Å²) in [6.07, 6.45) is 1.86. The minimum atomic E-state index is 0. The van der Waals surface area contributed by atoms with Crippen molar-refractivity contribution in [3.05, 3.63) is 65.0 Å². The minimum absolute atomic E-state index is 0. The highest BCUT2D eigenvalue weighted by atomic mass is 127. The van der Waals surface area contributed by atoms with E-state index in [1.807, 2.05) is 11.7 Å². The zero-order chi connectivity index (χ0) is 20.8. The van der Waals surface area contributed by atoms with Crippen molar-refractivity contribution in [1.82, 2.24) is 20.4 Å². The van der Waals surface area contributed by atoms with E-state index in [0.29, 0.717) is 0 Å². The monoisotopic (exact) mass is 519 g/mol. The van der Waals surface area contributed by atoms with Gasteiger partial charge in [-0.15, -0.1) is 24.0 Å². The lowest BCUT2D eigenvalue weighted by Crippen LogP contribution is -2.43. The lowest BCUT2D eigenvalue weighted by Gasteiger charge is -2.18. The first kappa shape index (κ1) is 24.2. The van der Waals surface area contributed by atoms with Crippen LogP contribution in [0.25, 0.3) is 10.8 Å². The van der Waals surface area contributed by atoms with Crippen LogP contribution < -0.4 is 10.6 Å². The van der Waals surface area contributed by atoms with Gasteiger partial charge in [-0.05, 0) is 62.4 Å². The molecule has 162 valence electrons. The maximum atomic E-state index is 4.79. The Bertz CT molecular complexity index is 992. The molecule has 0 radical (unpaired) electrons. The van der Waals surface area contributed by atoms with E-state index in [1.54, 1.807) is 0 Å². The fraction of sp³-hybridized carbons (Fsp3) is 0.417. The number of fused-ring (bicyclic) bond motifs is 1. The molecule has 1 atom stereocenters. The molecule has 6 heteroatoms. The normalized spacial score (nSPS) is 12.5. The standard InChI is InChI=1S/C24H33N5.HI/c1-6-25-24(27-17(2)15-23-18(3)28-29(5)19(23)4)26-14-13-20-11-12-21-9-7-8-10-22(21)16-20;/h7-12,16-17H,6,13-15H2,1-5H3,(H2,25,26,27);1H. The Morgan fingerprint density at radius 3 is 2.53 bits per heavy atom. The van der Waals surface area contributed by atoms with E-state index in [-0.39, 0.29) is 30.0 Å². The number of nitrogens with one attached hydrogen (secondary N) is 2. The number of hydrogen-bond donors (Lipinski definition) is 2. The van der Waals surface area contributed by atoms with Crippen LogP contribution in [0.4, 0.5) is 0 Å². The van der Waals surface area contributed by atoms with Gasteiger partial charge >= 0.3 is 0 Å². The molecular weight excluding hydrogens is 485 g/mol. The van der Waals surface area contributed by atoms with Crippen molar-refractivity contribution in [3.8, 4) is 0 Å². The van der Waals surface area contributed by atoms with Crippen LogP contribution in [-0.4, -0.2) is 34.9 Å². The summed E-state index contributed by atoms with van der Waals surface area (Å²) in [4.78, 5) is 4.79. The molecule has 3 rings (SSSR count). The molecule has 1 aromatic heterocycles. The summed E-state index contributed by atoms with van der Waals surface area (Å²) in [6, 6.07) is 15.4. The molecule has 0 saturated heterocycles. The number of guanidine groups is 1. The number of rotatable bonds is 7. The van der Waals surface area contributed by atoms with Gasteiger partial charge in [0.25, 0.3) is 0 Å². The summed E-state index contributed by atoms with van der Waals surface area (Å²) in [5.74, 6) is 0.875. The fourth-order valence-corrected chi connectivity index (χ4v) is 3.71. The second-order valence-electron chi connectivity index (χ2n) is 7.71. The smallest absolute Gasteiger partial charge is 0.191 e. The first-order valence-electron chi connectivity index (χ1n) is 10.5. The van der Waals surface area contributed by atoms with Gasteiger partial charge < -0.3 is 10.6 Å². The van der Waals surface area contributed by atoms with Crippen LogP contribution in [-0.2, 0) is 19.9 Å². The van der Waals surface area contributed by atoms with Crippen LogP contribution >= 0.6 is 24.0 Å². The van der Waals surface area contributed by atoms with Gasteiger partial charge in [0.2, 0.25) is 0 Å². The maximum Gasteiger partial charge on any atom is 0.191 e. The lowest BCUT2D eigenvalue weighted by atomic mass is 10.1. The number of aliphatic imine (C=N–C) groups is 1. The van der Waals surface area contributed by atoms with Crippen molar-refractivity contribution in [1.29, 1.82) is 0 Å². The summed E-state index contributed by atoms with van der Waals surface area (Å²) >= 11 is 0. The Morgan fingerprint density at radius 1 is 1.13 bits per heavy atom. The highest BCUT2D eigenvalue weighted by Gasteiger charge is 2.14. The van der Waals surface area contributed by atoms with Crippen molar-refractivity contribution in [2.45, 2.75) is 46.6 Å². The van der Waals surface area contributed by atoms with Gasteiger partial charge in [0.1, 0.15) is 0 Å². The predicted molar refractivity (Wildman–Crippen MR) is 138 cm³/mol. The van der Waals surface area contributed by atoms with E-state index in [1.165, 1.54) is 27.6 Å². The zero-order valence-corrected chi connectivity index (χ0v) is 21.0. The first-order chi connectivity index (χ1) is 14.0. The molecule has 0 aliphatic heterocycles.